The third-order valence-electron chi connectivity index (χ3n) is 1.21. The maximum atomic E-state index is 10.5. The molecule has 0 bridgehead atoms. The van der Waals surface area contributed by atoms with Crippen LogP contribution in [0.1, 0.15) is 0 Å². The lowest BCUT2D eigenvalue weighted by atomic mass is 10.4. The number of nitrogens with one attached hydrogen (secondary N) is 1. The maximum absolute atomic E-state index is 10.5. The number of primary amides is 1. The molecule has 0 aliphatic rings. The molecule has 3 N–H and O–H groups in total. The van der Waals surface area contributed by atoms with Crippen molar-refractivity contribution in [2.75, 3.05) is 11.6 Å². The van der Waals surface area contributed by atoms with Gasteiger partial charge in [0.25, 0.3) is 0 Å². The van der Waals surface area contributed by atoms with Gasteiger partial charge in [-0.1, -0.05) is 0 Å². The molecule has 0 radical (unpaired) electrons. The number of carbonyl (C=O) groups is 1. The molecule has 0 aromatic carbocycles. The van der Waals surface area contributed by atoms with Crippen LogP contribution < -0.4 is 11.1 Å². The first kappa shape index (κ1) is 8.86. The van der Waals surface area contributed by atoms with Crippen molar-refractivity contribution in [1.82, 2.24) is 4.98 Å². The molecule has 0 atom stereocenters. The van der Waals surface area contributed by atoms with Gasteiger partial charge in [0.1, 0.15) is 0 Å². The Labute approximate surface area is 74.6 Å². The zero-order valence-corrected chi connectivity index (χ0v) is 7.39. The number of nitrogens with two attached hydrogens (primary N) is 1. The Bertz CT molecular complexity index is 290. The van der Waals surface area contributed by atoms with Gasteiger partial charge in [-0.15, -0.1) is 11.8 Å². The summed E-state index contributed by atoms with van der Waals surface area (Å²) in [6, 6.07) is 2.88. The third kappa shape index (κ3) is 2.43. The number of aromatic nitrogens is 1. The SMILES string of the molecule is CSc1cc(NC(N)=O)ccn1. The fraction of sp³-hybridized carbons (Fsp3) is 0.143. The first-order chi connectivity index (χ1) is 5.72. The Morgan fingerprint density at radius 1 is 1.75 bits per heavy atom. The number of urea groups is 1. The van der Waals surface area contributed by atoms with Gasteiger partial charge < -0.3 is 11.1 Å². The summed E-state index contributed by atoms with van der Waals surface area (Å²) in [6.45, 7) is 0. The van der Waals surface area contributed by atoms with Gasteiger partial charge in [0.15, 0.2) is 0 Å². The molecule has 1 aromatic heterocycles. The Hall–Kier alpha value is -1.23. The normalized spacial score (nSPS) is 9.42. The molecule has 0 saturated carbocycles. The van der Waals surface area contributed by atoms with E-state index < -0.39 is 6.03 Å². The van der Waals surface area contributed by atoms with Crippen molar-refractivity contribution in [1.29, 1.82) is 0 Å². The van der Waals surface area contributed by atoms with Crippen molar-refractivity contribution >= 4 is 23.5 Å². The van der Waals surface area contributed by atoms with E-state index in [-0.39, 0.29) is 0 Å². The molecule has 64 valence electrons. The van der Waals surface area contributed by atoms with E-state index in [2.05, 4.69) is 10.3 Å². The number of rotatable bonds is 2. The molecule has 0 saturated heterocycles. The molecular weight excluding hydrogens is 174 g/mol. The Morgan fingerprint density at radius 2 is 2.50 bits per heavy atom. The Kier molecular flexibility index (Phi) is 2.93. The smallest absolute Gasteiger partial charge is 0.316 e. The molecule has 1 heterocycles. The molecule has 0 unspecified atom stereocenters. The number of hydrogen-bond donors (Lipinski definition) is 2. The monoisotopic (exact) mass is 183 g/mol. The van der Waals surface area contributed by atoms with E-state index in [1.54, 1.807) is 18.3 Å². The second-order valence-electron chi connectivity index (χ2n) is 2.08. The average molecular weight is 183 g/mol. The number of thioether (sulfide) groups is 1. The van der Waals surface area contributed by atoms with Gasteiger partial charge in [-0.3, -0.25) is 0 Å². The second-order valence-corrected chi connectivity index (χ2v) is 2.90. The summed E-state index contributed by atoms with van der Waals surface area (Å²) < 4.78 is 0. The largest absolute Gasteiger partial charge is 0.351 e. The van der Waals surface area contributed by atoms with Crippen LogP contribution in [0.15, 0.2) is 23.4 Å². The molecule has 0 aliphatic heterocycles. The van der Waals surface area contributed by atoms with Crippen LogP contribution in [0.25, 0.3) is 0 Å². The van der Waals surface area contributed by atoms with Crippen LogP contribution in [0.5, 0.6) is 0 Å². The van der Waals surface area contributed by atoms with Gasteiger partial charge in [0.05, 0.1) is 5.03 Å². The van der Waals surface area contributed by atoms with E-state index in [1.165, 1.54) is 11.8 Å². The highest BCUT2D eigenvalue weighted by Gasteiger charge is 1.97. The van der Waals surface area contributed by atoms with Crippen molar-refractivity contribution in [3.8, 4) is 0 Å². The van der Waals surface area contributed by atoms with Crippen LogP contribution in [0.4, 0.5) is 10.5 Å². The minimum absolute atomic E-state index is 0.562. The van der Waals surface area contributed by atoms with Crippen LogP contribution in [0.3, 0.4) is 0 Å². The summed E-state index contributed by atoms with van der Waals surface area (Å²) in [5.41, 5.74) is 5.61. The van der Waals surface area contributed by atoms with Crippen molar-refractivity contribution in [3.63, 3.8) is 0 Å². The lowest BCUT2D eigenvalue weighted by Gasteiger charge is -2.01. The summed E-state index contributed by atoms with van der Waals surface area (Å²) in [6.07, 6.45) is 3.54. The predicted octanol–water partition coefficient (Wildman–Crippen LogP) is 1.29. The molecule has 5 heteroatoms. The van der Waals surface area contributed by atoms with Gasteiger partial charge >= 0.3 is 6.03 Å². The van der Waals surface area contributed by atoms with Crippen molar-refractivity contribution in [3.05, 3.63) is 18.3 Å². The fourth-order valence-corrected chi connectivity index (χ4v) is 1.15. The number of hydrogen-bond acceptors (Lipinski definition) is 3. The number of carbonyl (C=O) groups excluding carboxylic acids is 1. The van der Waals surface area contributed by atoms with Crippen LogP contribution in [0, 0.1) is 0 Å². The van der Waals surface area contributed by atoms with Gasteiger partial charge in [-0.25, -0.2) is 9.78 Å². The number of pyridine rings is 1. The van der Waals surface area contributed by atoms with E-state index in [4.69, 9.17) is 5.73 Å². The summed E-state index contributed by atoms with van der Waals surface area (Å²) in [7, 11) is 0. The van der Waals surface area contributed by atoms with Crippen molar-refractivity contribution in [2.24, 2.45) is 5.73 Å². The topological polar surface area (TPSA) is 68.0 Å². The molecule has 4 nitrogen and oxygen atoms in total. The standard InChI is InChI=1S/C7H9N3OS/c1-12-6-4-5(2-3-9-6)10-7(8)11/h2-4H,1H3,(H3,8,9,10,11). The average Bonchev–Trinajstić information content (AvgIpc) is 2.03. The van der Waals surface area contributed by atoms with Gasteiger partial charge in [-0.05, 0) is 18.4 Å². The van der Waals surface area contributed by atoms with Crippen LogP contribution in [-0.4, -0.2) is 17.3 Å². The molecule has 0 aliphatic carbocycles. The minimum atomic E-state index is -0.562. The first-order valence-corrected chi connectivity index (χ1v) is 4.51. The van der Waals surface area contributed by atoms with Crippen molar-refractivity contribution in [2.45, 2.75) is 5.03 Å². The van der Waals surface area contributed by atoms with Crippen LogP contribution in [0.2, 0.25) is 0 Å². The summed E-state index contributed by atoms with van der Waals surface area (Å²) in [5, 5.41) is 3.31. The fourth-order valence-electron chi connectivity index (χ4n) is 0.741. The van der Waals surface area contributed by atoms with E-state index in [0.29, 0.717) is 5.69 Å². The third-order valence-corrected chi connectivity index (χ3v) is 1.85. The number of amides is 2. The van der Waals surface area contributed by atoms with E-state index in [9.17, 15) is 4.79 Å². The van der Waals surface area contributed by atoms with E-state index >= 15 is 0 Å². The Balaban J connectivity index is 2.79. The van der Waals surface area contributed by atoms with Crippen LogP contribution >= 0.6 is 11.8 Å². The highest BCUT2D eigenvalue weighted by Crippen LogP contribution is 2.15. The quantitative estimate of drug-likeness (QED) is 0.679. The summed E-state index contributed by atoms with van der Waals surface area (Å²) >= 11 is 1.51. The van der Waals surface area contributed by atoms with E-state index in [1.807, 2.05) is 6.26 Å². The van der Waals surface area contributed by atoms with Crippen molar-refractivity contribution < 1.29 is 4.79 Å². The van der Waals surface area contributed by atoms with Gasteiger partial charge in [0, 0.05) is 11.9 Å². The second kappa shape index (κ2) is 3.96. The first-order valence-electron chi connectivity index (χ1n) is 3.29. The predicted molar refractivity (Wildman–Crippen MR) is 49.2 cm³/mol. The molecule has 1 aromatic rings. The summed E-state index contributed by atoms with van der Waals surface area (Å²) in [4.78, 5) is 14.5. The number of anilines is 1. The molecule has 12 heavy (non-hydrogen) atoms. The highest BCUT2D eigenvalue weighted by molar-refractivity contribution is 7.98. The number of nitrogens with zero attached hydrogens (tertiary/aromatic N) is 1. The minimum Gasteiger partial charge on any atom is -0.351 e. The zero-order valence-electron chi connectivity index (χ0n) is 6.57. The highest BCUT2D eigenvalue weighted by atomic mass is 32.2. The lowest BCUT2D eigenvalue weighted by Crippen LogP contribution is -2.19. The molecule has 2 amide bonds. The van der Waals surface area contributed by atoms with Gasteiger partial charge in [0.2, 0.25) is 0 Å². The van der Waals surface area contributed by atoms with Crippen LogP contribution in [-0.2, 0) is 0 Å². The molecule has 0 spiro atoms. The molecular formula is C7H9N3OS. The van der Waals surface area contributed by atoms with Gasteiger partial charge in [-0.2, -0.15) is 0 Å². The summed E-state index contributed by atoms with van der Waals surface area (Å²) in [5.74, 6) is 0. The molecule has 1 rings (SSSR count). The van der Waals surface area contributed by atoms with E-state index in [0.717, 1.165) is 5.03 Å². The molecule has 0 fully saturated rings. The lowest BCUT2D eigenvalue weighted by molar-refractivity contribution is 0.259. The Morgan fingerprint density at radius 3 is 3.08 bits per heavy atom. The maximum Gasteiger partial charge on any atom is 0.316 e. The zero-order chi connectivity index (χ0) is 8.97.